The molecule has 2 N–H and O–H groups in total. The van der Waals surface area contributed by atoms with E-state index in [2.05, 4.69) is 16.8 Å². The van der Waals surface area contributed by atoms with Gasteiger partial charge in [-0.05, 0) is 45.7 Å². The van der Waals surface area contributed by atoms with Crippen molar-refractivity contribution >= 4 is 5.91 Å². The molecule has 0 bridgehead atoms. The molecular weight excluding hydrogens is 216 g/mol. The maximum Gasteiger partial charge on any atom is 0.237 e. The van der Waals surface area contributed by atoms with E-state index in [4.69, 9.17) is 0 Å². The van der Waals surface area contributed by atoms with Crippen LogP contribution in [0.2, 0.25) is 0 Å². The van der Waals surface area contributed by atoms with Crippen LogP contribution < -0.4 is 5.32 Å². The SMILES string of the molecule is C=CCNC(=O)[C@H](C)N1CCC([C@H](C)O)CC1. The van der Waals surface area contributed by atoms with Crippen LogP contribution >= 0.6 is 0 Å². The van der Waals surface area contributed by atoms with Crippen LogP contribution in [0.4, 0.5) is 0 Å². The molecule has 4 nitrogen and oxygen atoms in total. The lowest BCUT2D eigenvalue weighted by molar-refractivity contribution is -0.126. The number of likely N-dealkylation sites (tertiary alicyclic amines) is 1. The summed E-state index contributed by atoms with van der Waals surface area (Å²) in [6.45, 7) is 9.65. The summed E-state index contributed by atoms with van der Waals surface area (Å²) in [5, 5.41) is 12.3. The Balaban J connectivity index is 2.37. The fraction of sp³-hybridized carbons (Fsp3) is 0.769. The van der Waals surface area contributed by atoms with Crippen LogP contribution in [-0.4, -0.2) is 47.7 Å². The molecule has 1 saturated heterocycles. The number of piperidine rings is 1. The Morgan fingerprint density at radius 3 is 2.59 bits per heavy atom. The number of aliphatic hydroxyl groups is 1. The lowest BCUT2D eigenvalue weighted by Crippen LogP contribution is -2.49. The summed E-state index contributed by atoms with van der Waals surface area (Å²) in [5.41, 5.74) is 0. The molecule has 2 atom stereocenters. The summed E-state index contributed by atoms with van der Waals surface area (Å²) in [4.78, 5) is 13.9. The van der Waals surface area contributed by atoms with Crippen LogP contribution in [0.5, 0.6) is 0 Å². The highest BCUT2D eigenvalue weighted by Gasteiger charge is 2.27. The van der Waals surface area contributed by atoms with Gasteiger partial charge in [0, 0.05) is 6.54 Å². The molecule has 1 heterocycles. The quantitative estimate of drug-likeness (QED) is 0.698. The van der Waals surface area contributed by atoms with Gasteiger partial charge in [-0.1, -0.05) is 6.08 Å². The van der Waals surface area contributed by atoms with Crippen LogP contribution in [0.15, 0.2) is 12.7 Å². The molecule has 17 heavy (non-hydrogen) atoms. The average Bonchev–Trinajstić information content (AvgIpc) is 2.35. The third-order valence-electron chi connectivity index (χ3n) is 3.60. The Hall–Kier alpha value is -0.870. The van der Waals surface area contributed by atoms with Gasteiger partial charge >= 0.3 is 0 Å². The molecule has 0 aromatic heterocycles. The van der Waals surface area contributed by atoms with E-state index in [1.165, 1.54) is 0 Å². The Kier molecular flexibility index (Phi) is 5.65. The van der Waals surface area contributed by atoms with Crippen molar-refractivity contribution in [2.24, 2.45) is 5.92 Å². The van der Waals surface area contributed by atoms with E-state index in [-0.39, 0.29) is 18.1 Å². The summed E-state index contributed by atoms with van der Waals surface area (Å²) < 4.78 is 0. The minimum absolute atomic E-state index is 0.0559. The molecule has 0 unspecified atom stereocenters. The third kappa shape index (κ3) is 4.13. The second-order valence-electron chi connectivity index (χ2n) is 4.82. The first kappa shape index (κ1) is 14.2. The minimum Gasteiger partial charge on any atom is -0.393 e. The van der Waals surface area contributed by atoms with Crippen molar-refractivity contribution in [2.75, 3.05) is 19.6 Å². The predicted octanol–water partition coefficient (Wildman–Crippen LogP) is 0.770. The molecule has 1 fully saturated rings. The smallest absolute Gasteiger partial charge is 0.237 e. The number of amides is 1. The maximum atomic E-state index is 11.8. The summed E-state index contributed by atoms with van der Waals surface area (Å²) in [5.74, 6) is 0.440. The number of hydrogen-bond acceptors (Lipinski definition) is 3. The Bertz CT molecular complexity index is 258. The highest BCUT2D eigenvalue weighted by Crippen LogP contribution is 2.21. The zero-order valence-corrected chi connectivity index (χ0v) is 10.9. The van der Waals surface area contributed by atoms with Crippen molar-refractivity contribution in [3.8, 4) is 0 Å². The molecule has 0 saturated carbocycles. The molecular formula is C13H24N2O2. The molecule has 1 amide bonds. The second-order valence-corrected chi connectivity index (χ2v) is 4.82. The maximum absolute atomic E-state index is 11.8. The van der Waals surface area contributed by atoms with Crippen molar-refractivity contribution in [3.63, 3.8) is 0 Å². The number of carbonyl (C=O) groups is 1. The topological polar surface area (TPSA) is 52.6 Å². The average molecular weight is 240 g/mol. The fourth-order valence-electron chi connectivity index (χ4n) is 2.28. The van der Waals surface area contributed by atoms with Crippen LogP contribution in [0.3, 0.4) is 0 Å². The monoisotopic (exact) mass is 240 g/mol. The zero-order chi connectivity index (χ0) is 12.8. The van der Waals surface area contributed by atoms with Crippen LogP contribution in [-0.2, 0) is 4.79 Å². The number of nitrogens with zero attached hydrogens (tertiary/aromatic N) is 1. The summed E-state index contributed by atoms with van der Waals surface area (Å²) in [7, 11) is 0. The summed E-state index contributed by atoms with van der Waals surface area (Å²) in [6, 6.07) is -0.0927. The first-order valence-electron chi connectivity index (χ1n) is 6.37. The van der Waals surface area contributed by atoms with E-state index in [1.807, 2.05) is 13.8 Å². The van der Waals surface area contributed by atoms with Gasteiger partial charge in [-0.3, -0.25) is 9.69 Å². The molecule has 0 aromatic carbocycles. The molecule has 0 aromatic rings. The number of hydrogen-bond donors (Lipinski definition) is 2. The third-order valence-corrected chi connectivity index (χ3v) is 3.60. The first-order valence-corrected chi connectivity index (χ1v) is 6.37. The van der Waals surface area contributed by atoms with Gasteiger partial charge in [0.15, 0.2) is 0 Å². The van der Waals surface area contributed by atoms with E-state index >= 15 is 0 Å². The van der Waals surface area contributed by atoms with E-state index < -0.39 is 0 Å². The fourth-order valence-corrected chi connectivity index (χ4v) is 2.28. The van der Waals surface area contributed by atoms with Crippen LogP contribution in [0, 0.1) is 5.92 Å². The second kappa shape index (κ2) is 6.77. The van der Waals surface area contributed by atoms with Gasteiger partial charge < -0.3 is 10.4 Å². The van der Waals surface area contributed by atoms with Crippen molar-refractivity contribution in [1.82, 2.24) is 10.2 Å². The van der Waals surface area contributed by atoms with Crippen molar-refractivity contribution in [2.45, 2.75) is 38.8 Å². The van der Waals surface area contributed by atoms with Gasteiger partial charge in [0.2, 0.25) is 5.91 Å². The molecule has 1 aliphatic heterocycles. The predicted molar refractivity (Wildman–Crippen MR) is 68.6 cm³/mol. The Morgan fingerprint density at radius 1 is 1.53 bits per heavy atom. The van der Waals surface area contributed by atoms with Gasteiger partial charge in [0.05, 0.1) is 12.1 Å². The highest BCUT2D eigenvalue weighted by atomic mass is 16.3. The number of aliphatic hydroxyl groups excluding tert-OH is 1. The van der Waals surface area contributed by atoms with Crippen LogP contribution in [0.1, 0.15) is 26.7 Å². The van der Waals surface area contributed by atoms with Gasteiger partial charge in [-0.15, -0.1) is 6.58 Å². The lowest BCUT2D eigenvalue weighted by Gasteiger charge is -2.36. The summed E-state index contributed by atoms with van der Waals surface area (Å²) in [6.07, 6.45) is 3.39. The Morgan fingerprint density at radius 2 is 2.12 bits per heavy atom. The van der Waals surface area contributed by atoms with Crippen molar-refractivity contribution < 1.29 is 9.90 Å². The van der Waals surface area contributed by atoms with E-state index in [0.29, 0.717) is 12.5 Å². The van der Waals surface area contributed by atoms with Crippen molar-refractivity contribution in [1.29, 1.82) is 0 Å². The first-order chi connectivity index (χ1) is 8.06. The number of carbonyl (C=O) groups excluding carboxylic acids is 1. The standard InChI is InChI=1S/C13H24N2O2/c1-4-7-14-13(17)10(2)15-8-5-12(6-9-15)11(3)16/h4,10-12,16H,1,5-9H2,2-3H3,(H,14,17)/t10-,11-/m0/s1. The normalized spacial score (nSPS) is 21.8. The molecule has 98 valence electrons. The molecule has 1 aliphatic rings. The Labute approximate surface area is 104 Å². The molecule has 4 heteroatoms. The van der Waals surface area contributed by atoms with Crippen LogP contribution in [0.25, 0.3) is 0 Å². The van der Waals surface area contributed by atoms with E-state index in [0.717, 1.165) is 25.9 Å². The van der Waals surface area contributed by atoms with Gasteiger partial charge in [0.1, 0.15) is 0 Å². The zero-order valence-electron chi connectivity index (χ0n) is 10.9. The van der Waals surface area contributed by atoms with Gasteiger partial charge in [0.25, 0.3) is 0 Å². The van der Waals surface area contributed by atoms with Gasteiger partial charge in [-0.25, -0.2) is 0 Å². The molecule has 1 rings (SSSR count). The van der Waals surface area contributed by atoms with Gasteiger partial charge in [-0.2, -0.15) is 0 Å². The van der Waals surface area contributed by atoms with Crippen molar-refractivity contribution in [3.05, 3.63) is 12.7 Å². The van der Waals surface area contributed by atoms with E-state index in [9.17, 15) is 9.90 Å². The summed E-state index contributed by atoms with van der Waals surface area (Å²) >= 11 is 0. The highest BCUT2D eigenvalue weighted by molar-refractivity contribution is 5.81. The minimum atomic E-state index is -0.234. The number of rotatable bonds is 5. The molecule has 0 aliphatic carbocycles. The molecule has 0 radical (unpaired) electrons. The van der Waals surface area contributed by atoms with E-state index in [1.54, 1.807) is 6.08 Å². The largest absolute Gasteiger partial charge is 0.393 e. The lowest BCUT2D eigenvalue weighted by atomic mass is 9.91. The molecule has 0 spiro atoms. The number of nitrogens with one attached hydrogen (secondary N) is 1.